The molecule has 0 saturated carbocycles. The number of ketones is 1. The fraction of sp³-hybridized carbons (Fsp3) is 0.385. The third kappa shape index (κ3) is 3.07. The molecule has 0 aromatic heterocycles. The third-order valence-electron chi connectivity index (χ3n) is 3.03. The minimum absolute atomic E-state index is 0.185. The second-order valence-electron chi connectivity index (χ2n) is 4.43. The van der Waals surface area contributed by atoms with Crippen molar-refractivity contribution in [2.75, 3.05) is 13.1 Å². The zero-order valence-electron chi connectivity index (χ0n) is 10.2. The SMILES string of the molecule is NC(=O)NN1CCCCC1.O=C1C2=CC=C1C=C2. The molecule has 18 heavy (non-hydrogen) atoms. The van der Waals surface area contributed by atoms with Gasteiger partial charge in [-0.2, -0.15) is 0 Å². The van der Waals surface area contributed by atoms with Gasteiger partial charge in [0.2, 0.25) is 0 Å². The fourth-order valence-corrected chi connectivity index (χ4v) is 2.10. The molecule has 96 valence electrons. The molecule has 1 aliphatic heterocycles. The van der Waals surface area contributed by atoms with Crippen molar-refractivity contribution in [1.29, 1.82) is 0 Å². The summed E-state index contributed by atoms with van der Waals surface area (Å²) in [7, 11) is 0. The van der Waals surface area contributed by atoms with Gasteiger partial charge in [0.1, 0.15) is 0 Å². The first kappa shape index (κ1) is 12.6. The van der Waals surface area contributed by atoms with Gasteiger partial charge in [0.25, 0.3) is 0 Å². The molecule has 1 saturated heterocycles. The molecule has 0 radical (unpaired) electrons. The van der Waals surface area contributed by atoms with Gasteiger partial charge in [0.05, 0.1) is 0 Å². The van der Waals surface area contributed by atoms with E-state index in [1.165, 1.54) is 6.42 Å². The van der Waals surface area contributed by atoms with E-state index < -0.39 is 6.03 Å². The Bertz CT molecular complexity index is 419. The minimum atomic E-state index is -0.457. The van der Waals surface area contributed by atoms with Crippen LogP contribution in [0.4, 0.5) is 4.79 Å². The van der Waals surface area contributed by atoms with Crippen LogP contribution in [0.5, 0.6) is 0 Å². The van der Waals surface area contributed by atoms with Crippen LogP contribution < -0.4 is 11.2 Å². The van der Waals surface area contributed by atoms with E-state index in [2.05, 4.69) is 5.43 Å². The van der Waals surface area contributed by atoms with Crippen LogP contribution in [0, 0.1) is 0 Å². The Morgan fingerprint density at radius 3 is 2.00 bits per heavy atom. The summed E-state index contributed by atoms with van der Waals surface area (Å²) in [4.78, 5) is 21.1. The van der Waals surface area contributed by atoms with Crippen LogP contribution in [0.2, 0.25) is 0 Å². The lowest BCUT2D eigenvalue weighted by atomic mass is 10.2. The summed E-state index contributed by atoms with van der Waals surface area (Å²) in [5, 5.41) is 1.87. The smallest absolute Gasteiger partial charge is 0.326 e. The maximum atomic E-state index is 10.8. The Labute approximate surface area is 106 Å². The molecule has 2 amide bonds. The average molecular weight is 247 g/mol. The summed E-state index contributed by atoms with van der Waals surface area (Å²) in [5.41, 5.74) is 9.15. The molecule has 1 heterocycles. The molecular weight excluding hydrogens is 230 g/mol. The van der Waals surface area contributed by atoms with Crippen molar-refractivity contribution < 1.29 is 9.59 Å². The van der Waals surface area contributed by atoms with Gasteiger partial charge in [-0.15, -0.1) is 0 Å². The van der Waals surface area contributed by atoms with Crippen molar-refractivity contribution in [3.63, 3.8) is 0 Å². The molecule has 2 aliphatic carbocycles. The van der Waals surface area contributed by atoms with Gasteiger partial charge in [-0.1, -0.05) is 30.7 Å². The van der Waals surface area contributed by atoms with E-state index in [1.807, 2.05) is 29.3 Å². The number of urea groups is 1. The van der Waals surface area contributed by atoms with Crippen LogP contribution in [-0.4, -0.2) is 29.9 Å². The van der Waals surface area contributed by atoms with Crippen LogP contribution in [0.1, 0.15) is 19.3 Å². The molecular formula is C13H17N3O2. The molecule has 3 aliphatic rings. The number of carbonyl (C=O) groups excluding carboxylic acids is 2. The highest BCUT2D eigenvalue weighted by Gasteiger charge is 2.20. The normalized spacial score (nSPS) is 21.0. The molecule has 2 bridgehead atoms. The number of nitrogens with two attached hydrogens (primary N) is 1. The Morgan fingerprint density at radius 1 is 1.11 bits per heavy atom. The largest absolute Gasteiger partial charge is 0.351 e. The number of carbonyl (C=O) groups is 2. The van der Waals surface area contributed by atoms with Gasteiger partial charge in [-0.05, 0) is 12.8 Å². The minimum Gasteiger partial charge on any atom is -0.351 e. The second kappa shape index (κ2) is 5.64. The first-order chi connectivity index (χ1) is 8.66. The number of fused-ring (bicyclic) bond motifs is 2. The predicted molar refractivity (Wildman–Crippen MR) is 68.5 cm³/mol. The molecule has 0 aromatic carbocycles. The fourth-order valence-electron chi connectivity index (χ4n) is 2.10. The summed E-state index contributed by atoms with van der Waals surface area (Å²) in [5.74, 6) is 0.185. The number of rotatable bonds is 1. The lowest BCUT2D eigenvalue weighted by Crippen LogP contribution is -2.47. The van der Waals surface area contributed by atoms with E-state index >= 15 is 0 Å². The van der Waals surface area contributed by atoms with Crippen molar-refractivity contribution in [2.45, 2.75) is 19.3 Å². The maximum absolute atomic E-state index is 10.8. The highest BCUT2D eigenvalue weighted by Crippen LogP contribution is 2.23. The van der Waals surface area contributed by atoms with Gasteiger partial charge < -0.3 is 5.73 Å². The van der Waals surface area contributed by atoms with Gasteiger partial charge in [0, 0.05) is 24.2 Å². The third-order valence-corrected chi connectivity index (χ3v) is 3.03. The number of hydrogen-bond acceptors (Lipinski definition) is 3. The van der Waals surface area contributed by atoms with Gasteiger partial charge in [-0.3, -0.25) is 10.2 Å². The van der Waals surface area contributed by atoms with Gasteiger partial charge in [-0.25, -0.2) is 9.80 Å². The van der Waals surface area contributed by atoms with Crippen LogP contribution in [0.3, 0.4) is 0 Å². The summed E-state index contributed by atoms with van der Waals surface area (Å²) in [6, 6.07) is -0.457. The molecule has 3 N–H and O–H groups in total. The zero-order valence-corrected chi connectivity index (χ0v) is 10.2. The van der Waals surface area contributed by atoms with Crippen LogP contribution in [0.25, 0.3) is 0 Å². The van der Waals surface area contributed by atoms with E-state index in [4.69, 9.17) is 5.73 Å². The summed E-state index contributed by atoms with van der Waals surface area (Å²) in [6.07, 6.45) is 10.9. The van der Waals surface area contributed by atoms with Crippen LogP contribution in [0.15, 0.2) is 35.5 Å². The Morgan fingerprint density at radius 2 is 1.67 bits per heavy atom. The van der Waals surface area contributed by atoms with Gasteiger partial charge >= 0.3 is 6.03 Å². The molecule has 0 atom stereocenters. The number of piperidine rings is 1. The molecule has 5 nitrogen and oxygen atoms in total. The monoisotopic (exact) mass is 247 g/mol. The van der Waals surface area contributed by atoms with E-state index in [1.54, 1.807) is 0 Å². The number of hydrogen-bond donors (Lipinski definition) is 2. The summed E-state index contributed by atoms with van der Waals surface area (Å²) < 4.78 is 0. The van der Waals surface area contributed by atoms with Crippen LogP contribution >= 0.6 is 0 Å². The number of Topliss-reactive ketones (excluding diaryl/α,β-unsaturated/α-hetero) is 1. The van der Waals surface area contributed by atoms with Crippen molar-refractivity contribution in [2.24, 2.45) is 5.73 Å². The molecule has 0 spiro atoms. The topological polar surface area (TPSA) is 75.4 Å². The van der Waals surface area contributed by atoms with E-state index in [-0.39, 0.29) is 5.78 Å². The quantitative estimate of drug-likeness (QED) is 0.727. The molecule has 3 rings (SSSR count). The van der Waals surface area contributed by atoms with Crippen molar-refractivity contribution in [1.82, 2.24) is 10.4 Å². The van der Waals surface area contributed by atoms with Crippen molar-refractivity contribution in [3.8, 4) is 0 Å². The number of hydrazine groups is 1. The van der Waals surface area contributed by atoms with E-state index in [0.717, 1.165) is 37.1 Å². The lowest BCUT2D eigenvalue weighted by molar-refractivity contribution is -0.111. The first-order valence-electron chi connectivity index (χ1n) is 6.12. The standard InChI is InChI=1S/C7H4O.C6H13N3O/c8-7-5-1-2-6(7)4-3-5;7-6(10)8-9-4-2-1-3-5-9/h1-4H;1-5H2,(H3,7,8,10). The molecule has 0 unspecified atom stereocenters. The maximum Gasteiger partial charge on any atom is 0.326 e. The Balaban J connectivity index is 0.000000136. The number of nitrogens with one attached hydrogen (secondary N) is 1. The Hall–Kier alpha value is -1.88. The summed E-state index contributed by atoms with van der Waals surface area (Å²) >= 11 is 0. The number of primary amides is 1. The molecule has 0 aromatic rings. The van der Waals surface area contributed by atoms with E-state index in [0.29, 0.717) is 0 Å². The zero-order chi connectivity index (χ0) is 13.0. The number of nitrogens with zero attached hydrogens (tertiary/aromatic N) is 1. The Kier molecular flexibility index (Phi) is 3.94. The highest BCUT2D eigenvalue weighted by molar-refractivity contribution is 6.17. The van der Waals surface area contributed by atoms with Crippen LogP contribution in [-0.2, 0) is 4.79 Å². The number of allylic oxidation sites excluding steroid dienone is 6. The molecule has 5 heteroatoms. The highest BCUT2D eigenvalue weighted by atomic mass is 16.2. The lowest BCUT2D eigenvalue weighted by Gasteiger charge is -2.25. The average Bonchev–Trinajstić information content (AvgIpc) is 2.89. The second-order valence-corrected chi connectivity index (χ2v) is 4.43. The summed E-state index contributed by atoms with van der Waals surface area (Å²) in [6.45, 7) is 1.87. The predicted octanol–water partition coefficient (Wildman–Crippen LogP) is 1.05. The van der Waals surface area contributed by atoms with Crippen molar-refractivity contribution in [3.05, 3.63) is 35.5 Å². The number of amides is 2. The van der Waals surface area contributed by atoms with E-state index in [9.17, 15) is 9.59 Å². The van der Waals surface area contributed by atoms with Crippen molar-refractivity contribution >= 4 is 11.8 Å². The first-order valence-corrected chi connectivity index (χ1v) is 6.12. The molecule has 1 fully saturated rings. The van der Waals surface area contributed by atoms with Gasteiger partial charge in [0.15, 0.2) is 5.78 Å².